The molecular weight excluding hydrogens is 174 g/mol. The molecule has 2 nitrogen and oxygen atoms in total. The molecule has 82 valence electrons. The van der Waals surface area contributed by atoms with Gasteiger partial charge in [0.15, 0.2) is 0 Å². The van der Waals surface area contributed by atoms with Crippen molar-refractivity contribution in [1.29, 1.82) is 0 Å². The molecular formula is C12H23NO. The fourth-order valence-electron chi connectivity index (χ4n) is 1.55. The smallest absolute Gasteiger partial charge is 0.0677 e. The molecule has 0 heterocycles. The number of likely N-dealkylation sites (N-methyl/N-ethyl adjacent to an activating group) is 1. The lowest BCUT2D eigenvalue weighted by Crippen LogP contribution is -2.29. The topological polar surface area (TPSA) is 12.5 Å². The van der Waals surface area contributed by atoms with E-state index in [0.29, 0.717) is 6.04 Å². The van der Waals surface area contributed by atoms with E-state index in [1.54, 1.807) is 0 Å². The molecule has 1 aliphatic rings. The first-order valence-corrected chi connectivity index (χ1v) is 5.62. The predicted octanol–water partition coefficient (Wildman–Crippen LogP) is 2.45. The van der Waals surface area contributed by atoms with Crippen LogP contribution in [0.5, 0.6) is 0 Å². The second-order valence-electron chi connectivity index (χ2n) is 4.44. The Morgan fingerprint density at radius 3 is 2.79 bits per heavy atom. The minimum absolute atomic E-state index is 0.513. The number of nitrogens with zero attached hydrogens (tertiary/aromatic N) is 1. The van der Waals surface area contributed by atoms with Crippen LogP contribution in [0.1, 0.15) is 32.6 Å². The highest BCUT2D eigenvalue weighted by Crippen LogP contribution is 2.17. The van der Waals surface area contributed by atoms with Crippen molar-refractivity contribution in [2.24, 2.45) is 0 Å². The third-order valence-corrected chi connectivity index (χ3v) is 2.91. The van der Waals surface area contributed by atoms with Gasteiger partial charge in [0.1, 0.15) is 0 Å². The molecule has 14 heavy (non-hydrogen) atoms. The van der Waals surface area contributed by atoms with Crippen LogP contribution in [-0.4, -0.2) is 38.3 Å². The Kier molecular flexibility index (Phi) is 5.20. The maximum absolute atomic E-state index is 5.69. The van der Waals surface area contributed by atoms with Crippen molar-refractivity contribution < 1.29 is 4.74 Å². The SMILES string of the molecule is CC(COCC1=CCCCC1)N(C)C. The van der Waals surface area contributed by atoms with E-state index >= 15 is 0 Å². The molecule has 0 amide bonds. The van der Waals surface area contributed by atoms with E-state index in [2.05, 4.69) is 32.0 Å². The lowest BCUT2D eigenvalue weighted by Gasteiger charge is -2.20. The summed E-state index contributed by atoms with van der Waals surface area (Å²) >= 11 is 0. The highest BCUT2D eigenvalue weighted by atomic mass is 16.5. The summed E-state index contributed by atoms with van der Waals surface area (Å²) in [5.74, 6) is 0. The van der Waals surface area contributed by atoms with Crippen LogP contribution < -0.4 is 0 Å². The first-order chi connectivity index (χ1) is 6.70. The van der Waals surface area contributed by atoms with E-state index in [-0.39, 0.29) is 0 Å². The van der Waals surface area contributed by atoms with Crippen molar-refractivity contribution >= 4 is 0 Å². The molecule has 0 aromatic heterocycles. The van der Waals surface area contributed by atoms with Crippen LogP contribution in [0.3, 0.4) is 0 Å². The molecule has 0 aromatic carbocycles. The van der Waals surface area contributed by atoms with E-state index in [0.717, 1.165) is 13.2 Å². The molecule has 0 aromatic rings. The molecule has 0 saturated heterocycles. The van der Waals surface area contributed by atoms with Crippen molar-refractivity contribution in [1.82, 2.24) is 4.90 Å². The van der Waals surface area contributed by atoms with Crippen molar-refractivity contribution in [3.05, 3.63) is 11.6 Å². The minimum atomic E-state index is 0.513. The molecule has 1 rings (SSSR count). The first-order valence-electron chi connectivity index (χ1n) is 5.62. The van der Waals surface area contributed by atoms with Crippen LogP contribution in [0.25, 0.3) is 0 Å². The van der Waals surface area contributed by atoms with Crippen molar-refractivity contribution in [3.8, 4) is 0 Å². The number of hydrogen-bond acceptors (Lipinski definition) is 2. The van der Waals surface area contributed by atoms with E-state index in [1.165, 1.54) is 31.3 Å². The molecule has 0 N–H and O–H groups in total. The summed E-state index contributed by atoms with van der Waals surface area (Å²) in [6, 6.07) is 0.513. The summed E-state index contributed by atoms with van der Waals surface area (Å²) < 4.78 is 5.69. The largest absolute Gasteiger partial charge is 0.376 e. The molecule has 1 unspecified atom stereocenters. The van der Waals surface area contributed by atoms with Gasteiger partial charge in [-0.3, -0.25) is 0 Å². The summed E-state index contributed by atoms with van der Waals surface area (Å²) in [7, 11) is 4.18. The van der Waals surface area contributed by atoms with Crippen LogP contribution in [0.2, 0.25) is 0 Å². The number of ether oxygens (including phenoxy) is 1. The van der Waals surface area contributed by atoms with Crippen LogP contribution in [0, 0.1) is 0 Å². The van der Waals surface area contributed by atoms with Gasteiger partial charge in [-0.25, -0.2) is 0 Å². The van der Waals surface area contributed by atoms with Crippen molar-refractivity contribution in [2.45, 2.75) is 38.6 Å². The Bertz CT molecular complexity index is 187. The van der Waals surface area contributed by atoms with Gasteiger partial charge < -0.3 is 9.64 Å². The quantitative estimate of drug-likeness (QED) is 0.628. The van der Waals surface area contributed by atoms with Gasteiger partial charge in [0, 0.05) is 6.04 Å². The Morgan fingerprint density at radius 2 is 2.21 bits per heavy atom. The van der Waals surface area contributed by atoms with Crippen molar-refractivity contribution in [3.63, 3.8) is 0 Å². The molecule has 1 aliphatic carbocycles. The van der Waals surface area contributed by atoms with Crippen molar-refractivity contribution in [2.75, 3.05) is 27.3 Å². The Labute approximate surface area is 87.9 Å². The van der Waals surface area contributed by atoms with E-state index in [1.807, 2.05) is 0 Å². The Balaban J connectivity index is 2.11. The maximum Gasteiger partial charge on any atom is 0.0677 e. The predicted molar refractivity (Wildman–Crippen MR) is 60.5 cm³/mol. The highest BCUT2D eigenvalue weighted by molar-refractivity contribution is 5.05. The Morgan fingerprint density at radius 1 is 1.43 bits per heavy atom. The van der Waals surface area contributed by atoms with Gasteiger partial charge in [-0.05, 0) is 52.3 Å². The normalized spacial score (nSPS) is 19.6. The molecule has 0 spiro atoms. The van der Waals surface area contributed by atoms with E-state index in [9.17, 15) is 0 Å². The lowest BCUT2D eigenvalue weighted by atomic mass is 10.0. The number of hydrogen-bond donors (Lipinski definition) is 0. The zero-order chi connectivity index (χ0) is 10.4. The highest BCUT2D eigenvalue weighted by Gasteiger charge is 2.06. The van der Waals surface area contributed by atoms with E-state index < -0.39 is 0 Å². The fourth-order valence-corrected chi connectivity index (χ4v) is 1.55. The zero-order valence-electron chi connectivity index (χ0n) is 9.75. The number of allylic oxidation sites excluding steroid dienone is 1. The first kappa shape index (κ1) is 11.7. The Hall–Kier alpha value is -0.340. The van der Waals surface area contributed by atoms with Crippen LogP contribution in [-0.2, 0) is 4.74 Å². The molecule has 0 aliphatic heterocycles. The second kappa shape index (κ2) is 6.20. The fraction of sp³-hybridized carbons (Fsp3) is 0.833. The summed E-state index contributed by atoms with van der Waals surface area (Å²) in [6.45, 7) is 3.87. The van der Waals surface area contributed by atoms with Gasteiger partial charge in [0.25, 0.3) is 0 Å². The van der Waals surface area contributed by atoms with Gasteiger partial charge in [0.2, 0.25) is 0 Å². The lowest BCUT2D eigenvalue weighted by molar-refractivity contribution is 0.0992. The van der Waals surface area contributed by atoms with Crippen LogP contribution in [0.4, 0.5) is 0 Å². The molecule has 0 radical (unpaired) electrons. The summed E-state index contributed by atoms with van der Waals surface area (Å²) in [5.41, 5.74) is 1.50. The summed E-state index contributed by atoms with van der Waals surface area (Å²) in [6.07, 6.45) is 7.55. The van der Waals surface area contributed by atoms with Crippen LogP contribution in [0.15, 0.2) is 11.6 Å². The van der Waals surface area contributed by atoms with E-state index in [4.69, 9.17) is 4.74 Å². The number of rotatable bonds is 5. The maximum atomic E-state index is 5.69. The standard InChI is InChI=1S/C12H23NO/c1-11(13(2)3)9-14-10-12-7-5-4-6-8-12/h7,11H,4-6,8-10H2,1-3H3. The molecule has 0 fully saturated rings. The molecule has 2 heteroatoms. The minimum Gasteiger partial charge on any atom is -0.376 e. The summed E-state index contributed by atoms with van der Waals surface area (Å²) in [5, 5.41) is 0. The third-order valence-electron chi connectivity index (χ3n) is 2.91. The molecule has 0 bridgehead atoms. The second-order valence-corrected chi connectivity index (χ2v) is 4.44. The third kappa shape index (κ3) is 4.25. The van der Waals surface area contributed by atoms with Crippen LogP contribution >= 0.6 is 0 Å². The zero-order valence-corrected chi connectivity index (χ0v) is 9.75. The van der Waals surface area contributed by atoms with Gasteiger partial charge in [0.05, 0.1) is 13.2 Å². The average Bonchev–Trinajstić information content (AvgIpc) is 2.19. The average molecular weight is 197 g/mol. The summed E-state index contributed by atoms with van der Waals surface area (Å²) in [4.78, 5) is 2.19. The van der Waals surface area contributed by atoms with Gasteiger partial charge >= 0.3 is 0 Å². The monoisotopic (exact) mass is 197 g/mol. The molecule has 0 saturated carbocycles. The van der Waals surface area contributed by atoms with Gasteiger partial charge in [-0.15, -0.1) is 0 Å². The van der Waals surface area contributed by atoms with Gasteiger partial charge in [-0.2, -0.15) is 0 Å². The van der Waals surface area contributed by atoms with Gasteiger partial charge in [-0.1, -0.05) is 6.08 Å². The molecule has 1 atom stereocenters.